The van der Waals surface area contributed by atoms with Crippen LogP contribution in [0.25, 0.3) is 11.3 Å². The lowest BCUT2D eigenvalue weighted by Crippen LogP contribution is -2.24. The van der Waals surface area contributed by atoms with Gasteiger partial charge in [-0.1, -0.05) is 0 Å². The standard InChI is InChI=1S/C24H29N5O3/c1-14(2)32-20-9-16(10-25-22(20)31-7)18-8-15(3)21-19(27-18)13-28(23(21)30)17-11-26-29(12-17)24(4,5)6/h8-12,14H,13H2,1-7H3. The topological polar surface area (TPSA) is 82.4 Å². The normalized spacial score (nSPS) is 13.6. The second-order valence-electron chi connectivity index (χ2n) is 9.25. The number of carbonyl (C=O) groups is 1. The van der Waals surface area contributed by atoms with Crippen molar-refractivity contribution in [3.63, 3.8) is 0 Å². The van der Waals surface area contributed by atoms with Gasteiger partial charge in [0.05, 0.1) is 54.1 Å². The molecular weight excluding hydrogens is 406 g/mol. The first-order chi connectivity index (χ1) is 15.1. The van der Waals surface area contributed by atoms with Crippen LogP contribution >= 0.6 is 0 Å². The van der Waals surface area contributed by atoms with E-state index in [1.165, 1.54) is 0 Å². The Labute approximate surface area is 188 Å². The van der Waals surface area contributed by atoms with Gasteiger partial charge in [-0.25, -0.2) is 4.98 Å². The molecule has 8 heteroatoms. The number of ether oxygens (including phenoxy) is 2. The minimum absolute atomic E-state index is 0.0177. The molecule has 0 N–H and O–H groups in total. The molecule has 0 aromatic carbocycles. The molecule has 168 valence electrons. The average molecular weight is 436 g/mol. The largest absolute Gasteiger partial charge is 0.485 e. The van der Waals surface area contributed by atoms with Gasteiger partial charge in [0, 0.05) is 18.0 Å². The molecule has 4 rings (SSSR count). The minimum atomic E-state index is -0.160. The highest BCUT2D eigenvalue weighted by Gasteiger charge is 2.33. The number of rotatable bonds is 5. The molecule has 0 unspecified atom stereocenters. The molecule has 0 atom stereocenters. The number of anilines is 1. The van der Waals surface area contributed by atoms with E-state index in [9.17, 15) is 4.79 Å². The van der Waals surface area contributed by atoms with E-state index < -0.39 is 0 Å². The van der Waals surface area contributed by atoms with Gasteiger partial charge >= 0.3 is 0 Å². The molecule has 0 fully saturated rings. The van der Waals surface area contributed by atoms with Gasteiger partial charge in [-0.15, -0.1) is 0 Å². The van der Waals surface area contributed by atoms with Crippen molar-refractivity contribution in [1.29, 1.82) is 0 Å². The van der Waals surface area contributed by atoms with Crippen LogP contribution < -0.4 is 14.4 Å². The van der Waals surface area contributed by atoms with Crippen molar-refractivity contribution < 1.29 is 14.3 Å². The van der Waals surface area contributed by atoms with Crippen LogP contribution in [0.2, 0.25) is 0 Å². The molecule has 4 heterocycles. The molecule has 8 nitrogen and oxygen atoms in total. The molecule has 1 aliphatic heterocycles. The highest BCUT2D eigenvalue weighted by molar-refractivity contribution is 6.10. The fraction of sp³-hybridized carbons (Fsp3) is 0.417. The summed E-state index contributed by atoms with van der Waals surface area (Å²) in [4.78, 5) is 24.1. The lowest BCUT2D eigenvalue weighted by molar-refractivity contribution is 0.0996. The second-order valence-corrected chi connectivity index (χ2v) is 9.25. The van der Waals surface area contributed by atoms with Crippen LogP contribution in [0.3, 0.4) is 0 Å². The summed E-state index contributed by atoms with van der Waals surface area (Å²) < 4.78 is 13.0. The van der Waals surface area contributed by atoms with E-state index in [4.69, 9.17) is 14.5 Å². The highest BCUT2D eigenvalue weighted by Crippen LogP contribution is 2.34. The first-order valence-corrected chi connectivity index (χ1v) is 10.7. The van der Waals surface area contributed by atoms with Crippen molar-refractivity contribution >= 4 is 11.6 Å². The number of methoxy groups -OCH3 is 1. The molecule has 0 saturated heterocycles. The smallest absolute Gasteiger partial charge is 0.260 e. The fourth-order valence-corrected chi connectivity index (χ4v) is 3.74. The summed E-state index contributed by atoms with van der Waals surface area (Å²) in [5.41, 5.74) is 4.43. The summed E-state index contributed by atoms with van der Waals surface area (Å²) in [6, 6.07) is 3.79. The zero-order valence-corrected chi connectivity index (χ0v) is 19.6. The Hall–Kier alpha value is -3.42. The summed E-state index contributed by atoms with van der Waals surface area (Å²) in [5, 5.41) is 4.43. The van der Waals surface area contributed by atoms with Crippen LogP contribution in [0.15, 0.2) is 30.7 Å². The minimum Gasteiger partial charge on any atom is -0.485 e. The lowest BCUT2D eigenvalue weighted by Gasteiger charge is -2.19. The number of hydrogen-bond acceptors (Lipinski definition) is 6. The van der Waals surface area contributed by atoms with E-state index >= 15 is 0 Å². The second kappa shape index (κ2) is 7.93. The van der Waals surface area contributed by atoms with Crippen LogP contribution in [0.1, 0.15) is 56.2 Å². The number of carbonyl (C=O) groups excluding carboxylic acids is 1. The number of fused-ring (bicyclic) bond motifs is 1. The number of hydrogen-bond donors (Lipinski definition) is 0. The predicted molar refractivity (Wildman–Crippen MR) is 122 cm³/mol. The lowest BCUT2D eigenvalue weighted by atomic mass is 10.0. The van der Waals surface area contributed by atoms with Crippen molar-refractivity contribution in [1.82, 2.24) is 19.7 Å². The zero-order valence-electron chi connectivity index (χ0n) is 19.6. The molecule has 1 amide bonds. The Morgan fingerprint density at radius 1 is 1.16 bits per heavy atom. The summed E-state index contributed by atoms with van der Waals surface area (Å²) in [6.07, 6.45) is 5.33. The summed E-state index contributed by atoms with van der Waals surface area (Å²) in [5.74, 6) is 0.937. The van der Waals surface area contributed by atoms with Crippen molar-refractivity contribution in [3.05, 3.63) is 47.5 Å². The van der Waals surface area contributed by atoms with Gasteiger partial charge < -0.3 is 9.47 Å². The summed E-state index contributed by atoms with van der Waals surface area (Å²) in [7, 11) is 1.56. The Bertz CT molecular complexity index is 1180. The zero-order chi connectivity index (χ0) is 23.2. The van der Waals surface area contributed by atoms with Crippen molar-refractivity contribution in [2.45, 2.75) is 59.7 Å². The first-order valence-electron chi connectivity index (χ1n) is 10.7. The van der Waals surface area contributed by atoms with E-state index in [0.29, 0.717) is 23.7 Å². The molecule has 0 bridgehead atoms. The van der Waals surface area contributed by atoms with Crippen LogP contribution in [-0.4, -0.2) is 38.9 Å². The van der Waals surface area contributed by atoms with Crippen LogP contribution in [0.5, 0.6) is 11.6 Å². The maximum Gasteiger partial charge on any atom is 0.260 e. The predicted octanol–water partition coefficient (Wildman–Crippen LogP) is 4.36. The van der Waals surface area contributed by atoms with Gasteiger partial charge in [0.25, 0.3) is 11.8 Å². The Balaban J connectivity index is 1.69. The van der Waals surface area contributed by atoms with E-state index in [2.05, 4.69) is 30.9 Å². The molecule has 0 radical (unpaired) electrons. The average Bonchev–Trinajstić information content (AvgIpc) is 3.32. The first kappa shape index (κ1) is 21.8. The monoisotopic (exact) mass is 435 g/mol. The van der Waals surface area contributed by atoms with Gasteiger partial charge in [0.1, 0.15) is 0 Å². The van der Waals surface area contributed by atoms with Gasteiger partial charge in [-0.2, -0.15) is 5.10 Å². The highest BCUT2D eigenvalue weighted by atomic mass is 16.5. The number of nitrogens with zero attached hydrogens (tertiary/aromatic N) is 5. The van der Waals surface area contributed by atoms with E-state index in [-0.39, 0.29) is 17.6 Å². The molecule has 0 saturated carbocycles. The van der Waals surface area contributed by atoms with Crippen LogP contribution in [0.4, 0.5) is 5.69 Å². The third-order valence-corrected chi connectivity index (χ3v) is 5.30. The quantitative estimate of drug-likeness (QED) is 0.592. The third kappa shape index (κ3) is 3.92. The van der Waals surface area contributed by atoms with Gasteiger partial charge in [0.2, 0.25) is 0 Å². The maximum atomic E-state index is 13.2. The van der Waals surface area contributed by atoms with Gasteiger partial charge in [-0.05, 0) is 59.2 Å². The molecule has 0 aliphatic carbocycles. The van der Waals surface area contributed by atoms with Crippen molar-refractivity contribution in [2.24, 2.45) is 0 Å². The SMILES string of the molecule is COc1ncc(-c2cc(C)c3c(n2)CN(c2cnn(C(C)(C)C)c2)C3=O)cc1OC(C)C. The Morgan fingerprint density at radius 2 is 1.91 bits per heavy atom. The van der Waals surface area contributed by atoms with E-state index in [1.807, 2.05) is 43.8 Å². The van der Waals surface area contributed by atoms with Crippen molar-refractivity contribution in [3.8, 4) is 22.9 Å². The van der Waals surface area contributed by atoms with Crippen LogP contribution in [-0.2, 0) is 12.1 Å². The van der Waals surface area contributed by atoms with Crippen LogP contribution in [0, 0.1) is 6.92 Å². The molecular formula is C24H29N5O3. The van der Waals surface area contributed by atoms with E-state index in [0.717, 1.165) is 28.2 Å². The number of pyridine rings is 2. The molecule has 0 spiro atoms. The number of amides is 1. The molecule has 3 aromatic heterocycles. The number of aryl methyl sites for hydroxylation is 1. The Morgan fingerprint density at radius 3 is 2.53 bits per heavy atom. The van der Waals surface area contributed by atoms with Gasteiger partial charge in [0.15, 0.2) is 5.75 Å². The van der Waals surface area contributed by atoms with E-state index in [1.54, 1.807) is 24.4 Å². The Kier molecular flexibility index (Phi) is 5.40. The number of aromatic nitrogens is 4. The molecule has 1 aliphatic rings. The van der Waals surface area contributed by atoms with Gasteiger partial charge in [-0.3, -0.25) is 19.4 Å². The molecule has 3 aromatic rings. The van der Waals surface area contributed by atoms with Crippen molar-refractivity contribution in [2.75, 3.05) is 12.0 Å². The fourth-order valence-electron chi connectivity index (χ4n) is 3.74. The molecule has 32 heavy (non-hydrogen) atoms. The summed E-state index contributed by atoms with van der Waals surface area (Å²) >= 11 is 0. The maximum absolute atomic E-state index is 13.2. The summed E-state index contributed by atoms with van der Waals surface area (Å²) in [6.45, 7) is 12.5. The third-order valence-electron chi connectivity index (χ3n) is 5.30.